The average Bonchev–Trinajstić information content (AvgIpc) is 2.95. The summed E-state index contributed by atoms with van der Waals surface area (Å²) in [4.78, 5) is 5.82. The summed E-state index contributed by atoms with van der Waals surface area (Å²) in [7, 11) is 1.99. The van der Waals surface area contributed by atoms with Crippen molar-refractivity contribution >= 4 is 22.9 Å². The number of halogens is 1. The summed E-state index contributed by atoms with van der Waals surface area (Å²) in [6.45, 7) is 9.14. The molecule has 0 saturated carbocycles. The molecule has 0 amide bonds. The molecule has 2 heterocycles. The molecular weight excluding hydrogens is 304 g/mol. The summed E-state index contributed by atoms with van der Waals surface area (Å²) < 4.78 is 2.02. The van der Waals surface area contributed by atoms with Crippen molar-refractivity contribution in [2.24, 2.45) is 0 Å². The van der Waals surface area contributed by atoms with Crippen molar-refractivity contribution < 1.29 is 0 Å². The van der Waals surface area contributed by atoms with Gasteiger partial charge < -0.3 is 5.32 Å². The van der Waals surface area contributed by atoms with Crippen LogP contribution in [0.1, 0.15) is 46.9 Å². The highest BCUT2D eigenvalue weighted by molar-refractivity contribution is 7.11. The number of aromatic nitrogens is 3. The quantitative estimate of drug-likeness (QED) is 0.880. The maximum absolute atomic E-state index is 6.52. The summed E-state index contributed by atoms with van der Waals surface area (Å²) in [5.74, 6) is 0. The molecule has 2 aromatic heterocycles. The molecule has 1 atom stereocenters. The summed E-state index contributed by atoms with van der Waals surface area (Å²) in [6.07, 6.45) is 1.69. The topological polar surface area (TPSA) is 42.7 Å². The first-order valence-corrected chi connectivity index (χ1v) is 8.56. The number of rotatable bonds is 6. The zero-order chi connectivity index (χ0) is 15.6. The normalized spacial score (nSPS) is 12.9. The molecule has 0 radical (unpaired) electrons. The highest BCUT2D eigenvalue weighted by Crippen LogP contribution is 2.30. The Bertz CT molecular complexity index is 617. The van der Waals surface area contributed by atoms with Crippen LogP contribution in [0, 0.1) is 13.8 Å². The molecule has 0 aromatic carbocycles. The van der Waals surface area contributed by atoms with Crippen LogP contribution in [0.25, 0.3) is 0 Å². The molecule has 0 aliphatic heterocycles. The fourth-order valence-corrected chi connectivity index (χ4v) is 3.99. The van der Waals surface area contributed by atoms with Gasteiger partial charge in [-0.1, -0.05) is 18.5 Å². The third-order valence-corrected chi connectivity index (χ3v) is 5.32. The number of hydrogen-bond acceptors (Lipinski definition) is 4. The molecule has 21 heavy (non-hydrogen) atoms. The van der Waals surface area contributed by atoms with Crippen LogP contribution < -0.4 is 5.32 Å². The number of nitrogens with one attached hydrogen (secondary N) is 1. The number of aryl methyl sites for hydroxylation is 4. The van der Waals surface area contributed by atoms with Crippen molar-refractivity contribution in [2.45, 2.75) is 53.1 Å². The van der Waals surface area contributed by atoms with Gasteiger partial charge in [0.25, 0.3) is 0 Å². The van der Waals surface area contributed by atoms with E-state index >= 15 is 0 Å². The largest absolute Gasteiger partial charge is 0.312 e. The Morgan fingerprint density at radius 2 is 2.05 bits per heavy atom. The van der Waals surface area contributed by atoms with Gasteiger partial charge in [-0.3, -0.25) is 4.68 Å². The van der Waals surface area contributed by atoms with Gasteiger partial charge in [0.05, 0.1) is 27.1 Å². The minimum absolute atomic E-state index is 0.223. The number of nitrogens with zero attached hydrogens (tertiary/aromatic N) is 3. The lowest BCUT2D eigenvalue weighted by Gasteiger charge is -2.16. The van der Waals surface area contributed by atoms with E-state index < -0.39 is 0 Å². The lowest BCUT2D eigenvalue weighted by Crippen LogP contribution is -2.20. The molecule has 0 aliphatic carbocycles. The zero-order valence-corrected chi connectivity index (χ0v) is 14.9. The summed E-state index contributed by atoms with van der Waals surface area (Å²) in [6, 6.07) is 0.223. The summed E-state index contributed by atoms with van der Waals surface area (Å²) >= 11 is 8.27. The maximum Gasteiger partial charge on any atom is 0.0900 e. The zero-order valence-electron chi connectivity index (χ0n) is 13.3. The molecule has 0 spiro atoms. The number of hydrogen-bond donors (Lipinski definition) is 1. The summed E-state index contributed by atoms with van der Waals surface area (Å²) in [5.41, 5.74) is 3.20. The molecular formula is C15H23ClN4S. The van der Waals surface area contributed by atoms with Gasteiger partial charge in [0.1, 0.15) is 0 Å². The molecule has 2 aromatic rings. The SMILES string of the molecule is CCc1nn(CC)c(CC(NC)c2sc(C)nc2C)c1Cl. The van der Waals surface area contributed by atoms with Crippen LogP contribution in [-0.4, -0.2) is 21.8 Å². The Balaban J connectivity index is 2.35. The third-order valence-electron chi connectivity index (χ3n) is 3.70. The molecule has 0 aliphatic rings. The minimum atomic E-state index is 0.223. The minimum Gasteiger partial charge on any atom is -0.312 e. The van der Waals surface area contributed by atoms with Gasteiger partial charge in [-0.25, -0.2) is 4.98 Å². The van der Waals surface area contributed by atoms with Crippen LogP contribution in [0.4, 0.5) is 0 Å². The van der Waals surface area contributed by atoms with Crippen molar-refractivity contribution in [3.63, 3.8) is 0 Å². The Kier molecular flexibility index (Phi) is 5.41. The monoisotopic (exact) mass is 326 g/mol. The summed E-state index contributed by atoms with van der Waals surface area (Å²) in [5, 5.41) is 9.92. The Labute approximate surface area is 135 Å². The van der Waals surface area contributed by atoms with Crippen LogP contribution in [-0.2, 0) is 19.4 Å². The van der Waals surface area contributed by atoms with E-state index in [0.29, 0.717) is 0 Å². The van der Waals surface area contributed by atoms with Gasteiger partial charge in [-0.15, -0.1) is 11.3 Å². The Morgan fingerprint density at radius 1 is 1.33 bits per heavy atom. The fourth-order valence-electron chi connectivity index (χ4n) is 2.60. The Hall–Kier alpha value is -0.910. The van der Waals surface area contributed by atoms with E-state index in [9.17, 15) is 0 Å². The Morgan fingerprint density at radius 3 is 2.52 bits per heavy atom. The molecule has 0 fully saturated rings. The second kappa shape index (κ2) is 6.90. The van der Waals surface area contributed by atoms with Crippen LogP contribution >= 0.6 is 22.9 Å². The lowest BCUT2D eigenvalue weighted by molar-refractivity contribution is 0.544. The van der Waals surface area contributed by atoms with E-state index in [0.717, 1.165) is 46.5 Å². The lowest BCUT2D eigenvalue weighted by atomic mass is 10.1. The fraction of sp³-hybridized carbons (Fsp3) is 0.600. The van der Waals surface area contributed by atoms with E-state index in [2.05, 4.69) is 36.2 Å². The van der Waals surface area contributed by atoms with Crippen LogP contribution in [0.3, 0.4) is 0 Å². The molecule has 0 bridgehead atoms. The van der Waals surface area contributed by atoms with Crippen molar-refractivity contribution in [1.29, 1.82) is 0 Å². The molecule has 116 valence electrons. The smallest absolute Gasteiger partial charge is 0.0900 e. The van der Waals surface area contributed by atoms with E-state index in [1.165, 1.54) is 4.88 Å². The average molecular weight is 327 g/mol. The van der Waals surface area contributed by atoms with Crippen molar-refractivity contribution in [1.82, 2.24) is 20.1 Å². The van der Waals surface area contributed by atoms with Gasteiger partial charge in [0, 0.05) is 23.9 Å². The highest BCUT2D eigenvalue weighted by Gasteiger charge is 2.22. The first kappa shape index (κ1) is 16.5. The molecule has 2 rings (SSSR count). The predicted molar refractivity (Wildman–Crippen MR) is 89.4 cm³/mol. The van der Waals surface area contributed by atoms with Crippen molar-refractivity contribution in [2.75, 3.05) is 7.05 Å². The van der Waals surface area contributed by atoms with Crippen molar-refractivity contribution in [3.8, 4) is 0 Å². The number of thiazole rings is 1. The molecule has 6 heteroatoms. The molecule has 1 N–H and O–H groups in total. The van der Waals surface area contributed by atoms with Gasteiger partial charge >= 0.3 is 0 Å². The number of likely N-dealkylation sites (N-methyl/N-ethyl adjacent to an activating group) is 1. The third kappa shape index (κ3) is 3.30. The van der Waals surface area contributed by atoms with E-state index in [-0.39, 0.29) is 6.04 Å². The van der Waals surface area contributed by atoms with E-state index in [1.54, 1.807) is 11.3 Å². The van der Waals surface area contributed by atoms with Crippen LogP contribution in [0.5, 0.6) is 0 Å². The first-order chi connectivity index (χ1) is 10.0. The van der Waals surface area contributed by atoms with Gasteiger partial charge in [0.2, 0.25) is 0 Å². The van der Waals surface area contributed by atoms with E-state index in [1.807, 2.05) is 18.7 Å². The van der Waals surface area contributed by atoms with Crippen molar-refractivity contribution in [3.05, 3.63) is 32.0 Å². The molecule has 0 saturated heterocycles. The van der Waals surface area contributed by atoms with Gasteiger partial charge in [-0.05, 0) is 34.2 Å². The predicted octanol–water partition coefficient (Wildman–Crippen LogP) is 3.70. The first-order valence-electron chi connectivity index (χ1n) is 7.36. The second-order valence-electron chi connectivity index (χ2n) is 5.10. The maximum atomic E-state index is 6.52. The molecule has 1 unspecified atom stereocenters. The molecule has 4 nitrogen and oxygen atoms in total. The van der Waals surface area contributed by atoms with E-state index in [4.69, 9.17) is 11.6 Å². The second-order valence-corrected chi connectivity index (χ2v) is 6.72. The standard InChI is InChI=1S/C15H23ClN4S/c1-6-11-14(16)13(20(7-2)19-11)8-12(17-5)15-9(3)18-10(4)21-15/h12,17H,6-8H2,1-5H3. The van der Waals surface area contributed by atoms with Gasteiger partial charge in [0.15, 0.2) is 0 Å². The van der Waals surface area contributed by atoms with Gasteiger partial charge in [-0.2, -0.15) is 5.10 Å². The highest BCUT2D eigenvalue weighted by atomic mass is 35.5. The van der Waals surface area contributed by atoms with Crippen LogP contribution in [0.2, 0.25) is 5.02 Å². The van der Waals surface area contributed by atoms with Crippen LogP contribution in [0.15, 0.2) is 0 Å².